The predicted molar refractivity (Wildman–Crippen MR) is 85.7 cm³/mol. The molecule has 0 saturated carbocycles. The SMILES string of the molecule is N#Cc1cc([N+](=O)[O-])c(N2CCCCC2COCCO)cc1Cl. The number of nitro benzene ring substituents is 1. The molecule has 1 saturated heterocycles. The summed E-state index contributed by atoms with van der Waals surface area (Å²) in [6.07, 6.45) is 2.78. The molecular weight excluding hydrogens is 322 g/mol. The fraction of sp³-hybridized carbons (Fsp3) is 0.533. The molecule has 2 rings (SSSR count). The number of hydrogen-bond acceptors (Lipinski definition) is 6. The highest BCUT2D eigenvalue weighted by atomic mass is 35.5. The Labute approximate surface area is 139 Å². The number of nitro groups is 1. The number of benzene rings is 1. The highest BCUT2D eigenvalue weighted by molar-refractivity contribution is 6.32. The van der Waals surface area contributed by atoms with Crippen molar-refractivity contribution < 1.29 is 14.8 Å². The number of piperidine rings is 1. The van der Waals surface area contributed by atoms with E-state index in [2.05, 4.69) is 0 Å². The summed E-state index contributed by atoms with van der Waals surface area (Å²) in [4.78, 5) is 12.8. The van der Waals surface area contributed by atoms with Gasteiger partial charge in [0.05, 0.1) is 41.4 Å². The van der Waals surface area contributed by atoms with Gasteiger partial charge in [-0.3, -0.25) is 10.1 Å². The molecule has 1 unspecified atom stereocenters. The van der Waals surface area contributed by atoms with Gasteiger partial charge in [-0.1, -0.05) is 11.6 Å². The maximum absolute atomic E-state index is 11.4. The van der Waals surface area contributed by atoms with Crippen LogP contribution >= 0.6 is 11.6 Å². The van der Waals surface area contributed by atoms with Gasteiger partial charge in [0.15, 0.2) is 0 Å². The van der Waals surface area contributed by atoms with Gasteiger partial charge in [-0.15, -0.1) is 0 Å². The smallest absolute Gasteiger partial charge is 0.293 e. The summed E-state index contributed by atoms with van der Waals surface area (Å²) in [5.74, 6) is 0. The molecule has 1 heterocycles. The number of nitrogens with zero attached hydrogens (tertiary/aromatic N) is 3. The third-order valence-electron chi connectivity index (χ3n) is 3.86. The molecule has 0 aromatic heterocycles. The van der Waals surface area contributed by atoms with E-state index in [1.165, 1.54) is 12.1 Å². The molecule has 124 valence electrons. The first-order valence-corrected chi connectivity index (χ1v) is 7.79. The molecule has 7 nitrogen and oxygen atoms in total. The van der Waals surface area contributed by atoms with E-state index >= 15 is 0 Å². The van der Waals surface area contributed by atoms with Gasteiger partial charge in [-0.05, 0) is 25.3 Å². The van der Waals surface area contributed by atoms with Crippen LogP contribution in [0.1, 0.15) is 24.8 Å². The van der Waals surface area contributed by atoms with E-state index in [1.807, 2.05) is 11.0 Å². The molecule has 1 aliphatic rings. The lowest BCUT2D eigenvalue weighted by Gasteiger charge is -2.37. The van der Waals surface area contributed by atoms with Crippen LogP contribution in [-0.2, 0) is 4.74 Å². The topological polar surface area (TPSA) is 99.6 Å². The summed E-state index contributed by atoms with van der Waals surface area (Å²) >= 11 is 6.06. The number of aliphatic hydroxyl groups excluding tert-OH is 1. The van der Waals surface area contributed by atoms with Gasteiger partial charge >= 0.3 is 0 Å². The number of ether oxygens (including phenoxy) is 1. The zero-order valence-electron chi connectivity index (χ0n) is 12.6. The summed E-state index contributed by atoms with van der Waals surface area (Å²) in [5.41, 5.74) is 0.378. The fourth-order valence-corrected chi connectivity index (χ4v) is 2.99. The fourth-order valence-electron chi connectivity index (χ4n) is 2.79. The zero-order valence-corrected chi connectivity index (χ0v) is 13.3. The standard InChI is InChI=1S/C15H18ClN3O4/c16-13-8-14(15(19(21)22)7-11(13)9-17)18-4-2-1-3-12(18)10-23-6-5-20/h7-8,12,20H,1-6,10H2. The van der Waals surface area contributed by atoms with Crippen LogP contribution < -0.4 is 4.90 Å². The van der Waals surface area contributed by atoms with Gasteiger partial charge in [0.1, 0.15) is 11.8 Å². The van der Waals surface area contributed by atoms with Gasteiger partial charge in [-0.25, -0.2) is 0 Å². The summed E-state index contributed by atoms with van der Waals surface area (Å²) in [6, 6.07) is 4.56. The summed E-state index contributed by atoms with van der Waals surface area (Å²) in [5, 5.41) is 29.4. The Hall–Kier alpha value is -1.88. The third-order valence-corrected chi connectivity index (χ3v) is 4.18. The first-order valence-electron chi connectivity index (χ1n) is 7.41. The minimum Gasteiger partial charge on any atom is -0.394 e. The van der Waals surface area contributed by atoms with E-state index in [9.17, 15) is 10.1 Å². The first kappa shape index (κ1) is 17.5. The van der Waals surface area contributed by atoms with Crippen molar-refractivity contribution in [2.45, 2.75) is 25.3 Å². The molecule has 0 radical (unpaired) electrons. The van der Waals surface area contributed by atoms with E-state index in [0.29, 0.717) is 18.8 Å². The van der Waals surface area contributed by atoms with Crippen molar-refractivity contribution in [2.24, 2.45) is 0 Å². The van der Waals surface area contributed by atoms with Crippen molar-refractivity contribution in [1.82, 2.24) is 0 Å². The summed E-state index contributed by atoms with van der Waals surface area (Å²) in [6.45, 7) is 1.22. The lowest BCUT2D eigenvalue weighted by atomic mass is 10.0. The Morgan fingerprint density at radius 3 is 2.96 bits per heavy atom. The van der Waals surface area contributed by atoms with Gasteiger partial charge in [0.25, 0.3) is 5.69 Å². The van der Waals surface area contributed by atoms with Crippen LogP contribution in [0.4, 0.5) is 11.4 Å². The molecule has 0 amide bonds. The third kappa shape index (κ3) is 4.10. The summed E-state index contributed by atoms with van der Waals surface area (Å²) in [7, 11) is 0. The minimum absolute atomic E-state index is 0.0157. The predicted octanol–water partition coefficient (Wildman–Crippen LogP) is 2.49. The van der Waals surface area contributed by atoms with Crippen LogP contribution in [0.15, 0.2) is 12.1 Å². The van der Waals surface area contributed by atoms with Crippen LogP contribution in [0.25, 0.3) is 0 Å². The number of hydrogen-bond donors (Lipinski definition) is 1. The average Bonchev–Trinajstić information content (AvgIpc) is 2.55. The maximum Gasteiger partial charge on any atom is 0.293 e. The number of aliphatic hydroxyl groups is 1. The normalized spacial score (nSPS) is 17.8. The Bertz CT molecular complexity index is 617. The van der Waals surface area contributed by atoms with Crippen molar-refractivity contribution in [3.8, 4) is 6.07 Å². The first-order chi connectivity index (χ1) is 11.1. The van der Waals surface area contributed by atoms with E-state index in [1.54, 1.807) is 0 Å². The van der Waals surface area contributed by atoms with Crippen LogP contribution in [0, 0.1) is 21.4 Å². The van der Waals surface area contributed by atoms with E-state index < -0.39 is 4.92 Å². The van der Waals surface area contributed by atoms with E-state index in [0.717, 1.165) is 19.3 Å². The number of halogens is 1. The van der Waals surface area contributed by atoms with E-state index in [-0.39, 0.29) is 35.5 Å². The van der Waals surface area contributed by atoms with Crippen molar-refractivity contribution in [1.29, 1.82) is 5.26 Å². The largest absolute Gasteiger partial charge is 0.394 e. The van der Waals surface area contributed by atoms with Gasteiger partial charge in [0.2, 0.25) is 0 Å². The molecule has 1 aromatic carbocycles. The lowest BCUT2D eigenvalue weighted by Crippen LogP contribution is -2.43. The number of anilines is 1. The van der Waals surface area contributed by atoms with Crippen LogP contribution in [0.2, 0.25) is 5.02 Å². The van der Waals surface area contributed by atoms with Crippen LogP contribution in [-0.4, -0.2) is 42.4 Å². The quantitative estimate of drug-likeness (QED) is 0.485. The molecule has 1 N–H and O–H groups in total. The van der Waals surface area contributed by atoms with Gasteiger partial charge in [0, 0.05) is 12.6 Å². The molecular formula is C15H18ClN3O4. The lowest BCUT2D eigenvalue weighted by molar-refractivity contribution is -0.384. The second-order valence-corrected chi connectivity index (χ2v) is 5.74. The van der Waals surface area contributed by atoms with Crippen LogP contribution in [0.3, 0.4) is 0 Å². The van der Waals surface area contributed by atoms with Crippen molar-refractivity contribution in [2.75, 3.05) is 31.3 Å². The van der Waals surface area contributed by atoms with Gasteiger partial charge < -0.3 is 14.7 Å². The second-order valence-electron chi connectivity index (χ2n) is 5.33. The number of nitriles is 1. The maximum atomic E-state index is 11.4. The molecule has 0 spiro atoms. The Morgan fingerprint density at radius 2 is 2.30 bits per heavy atom. The molecule has 23 heavy (non-hydrogen) atoms. The molecule has 0 aliphatic carbocycles. The molecule has 1 fully saturated rings. The highest BCUT2D eigenvalue weighted by Crippen LogP contribution is 2.37. The molecule has 8 heteroatoms. The average molecular weight is 340 g/mol. The highest BCUT2D eigenvalue weighted by Gasteiger charge is 2.29. The van der Waals surface area contributed by atoms with Gasteiger partial charge in [-0.2, -0.15) is 5.26 Å². The Kier molecular flexibility index (Phi) is 6.16. The Balaban J connectivity index is 2.35. The van der Waals surface area contributed by atoms with E-state index in [4.69, 9.17) is 26.7 Å². The monoisotopic (exact) mass is 339 g/mol. The molecule has 1 aromatic rings. The molecule has 1 atom stereocenters. The number of rotatable bonds is 6. The molecule has 1 aliphatic heterocycles. The Morgan fingerprint density at radius 1 is 1.52 bits per heavy atom. The van der Waals surface area contributed by atoms with Crippen molar-refractivity contribution >= 4 is 23.0 Å². The van der Waals surface area contributed by atoms with Crippen molar-refractivity contribution in [3.63, 3.8) is 0 Å². The minimum atomic E-state index is -0.493. The van der Waals surface area contributed by atoms with Crippen LogP contribution in [0.5, 0.6) is 0 Å². The zero-order chi connectivity index (χ0) is 16.8. The second kappa shape index (κ2) is 8.11. The van der Waals surface area contributed by atoms with Crippen molar-refractivity contribution in [3.05, 3.63) is 32.8 Å². The summed E-state index contributed by atoms with van der Waals surface area (Å²) < 4.78 is 5.40. The molecule has 0 bridgehead atoms.